The highest BCUT2D eigenvalue weighted by molar-refractivity contribution is 7.13. The van der Waals surface area contributed by atoms with Crippen molar-refractivity contribution in [2.24, 2.45) is 5.92 Å². The van der Waals surface area contributed by atoms with Crippen LogP contribution in [-0.2, 0) is 9.53 Å². The van der Waals surface area contributed by atoms with E-state index in [1.54, 1.807) is 11.1 Å². The molecule has 0 aromatic carbocycles. The van der Waals surface area contributed by atoms with E-state index in [9.17, 15) is 14.7 Å². The maximum Gasteiger partial charge on any atom is 0.326 e. The number of carboxylic acids is 1. The Labute approximate surface area is 145 Å². The number of hydrogen-bond donors (Lipinski definition) is 1. The molecule has 1 N–H and O–H groups in total. The lowest BCUT2D eigenvalue weighted by Crippen LogP contribution is -2.46. The second-order valence-electron chi connectivity index (χ2n) is 6.57. The summed E-state index contributed by atoms with van der Waals surface area (Å²) in [6.07, 6.45) is 6.10. The Balaban J connectivity index is 1.82. The molecule has 1 saturated heterocycles. The summed E-state index contributed by atoms with van der Waals surface area (Å²) in [6.45, 7) is 4.41. The zero-order chi connectivity index (χ0) is 17.3. The van der Waals surface area contributed by atoms with E-state index >= 15 is 0 Å². The van der Waals surface area contributed by atoms with Gasteiger partial charge in [0.05, 0.1) is 6.20 Å². The summed E-state index contributed by atoms with van der Waals surface area (Å²) in [5.41, 5.74) is 0. The first-order valence-corrected chi connectivity index (χ1v) is 9.47. The summed E-state index contributed by atoms with van der Waals surface area (Å²) in [5, 5.41) is 10.3. The van der Waals surface area contributed by atoms with Gasteiger partial charge in [0, 0.05) is 12.6 Å². The van der Waals surface area contributed by atoms with E-state index in [-0.39, 0.29) is 18.1 Å². The Kier molecular flexibility index (Phi) is 5.20. The number of aromatic nitrogens is 1. The number of fused-ring (bicyclic) bond motifs is 1. The van der Waals surface area contributed by atoms with Crippen molar-refractivity contribution in [3.8, 4) is 0 Å². The lowest BCUT2D eigenvalue weighted by atomic mass is 9.85. The van der Waals surface area contributed by atoms with Gasteiger partial charge in [0.1, 0.15) is 22.0 Å². The number of carbonyl (C=O) groups is 2. The van der Waals surface area contributed by atoms with Crippen LogP contribution in [0.5, 0.6) is 0 Å². The van der Waals surface area contributed by atoms with Gasteiger partial charge in [-0.3, -0.25) is 4.79 Å². The molecule has 1 aliphatic carbocycles. The molecule has 0 radical (unpaired) electrons. The molecule has 24 heavy (non-hydrogen) atoms. The van der Waals surface area contributed by atoms with E-state index < -0.39 is 12.0 Å². The van der Waals surface area contributed by atoms with E-state index in [1.165, 1.54) is 11.3 Å². The van der Waals surface area contributed by atoms with Gasteiger partial charge in [0.15, 0.2) is 0 Å². The molecule has 1 aliphatic heterocycles. The van der Waals surface area contributed by atoms with Crippen LogP contribution in [-0.4, -0.2) is 45.6 Å². The minimum Gasteiger partial charge on any atom is -0.480 e. The summed E-state index contributed by atoms with van der Waals surface area (Å²) in [4.78, 5) is 31.1. The lowest BCUT2D eigenvalue weighted by Gasteiger charge is -2.32. The van der Waals surface area contributed by atoms with Gasteiger partial charge in [-0.2, -0.15) is 0 Å². The van der Waals surface area contributed by atoms with Gasteiger partial charge in [-0.25, -0.2) is 9.78 Å². The third kappa shape index (κ3) is 3.19. The number of amides is 1. The van der Waals surface area contributed by atoms with Crippen LogP contribution in [0.2, 0.25) is 0 Å². The standard InChI is InChI=1S/C17H24N2O4S/c1-3-23-10(2)15-18-9-14(24-15)16(20)19-12-7-5-4-6-11(12)8-13(19)17(21)22/h9-13H,3-8H2,1-2H3,(H,21,22). The third-order valence-corrected chi connectivity index (χ3v) is 6.25. The van der Waals surface area contributed by atoms with Gasteiger partial charge in [0.25, 0.3) is 5.91 Å². The summed E-state index contributed by atoms with van der Waals surface area (Å²) >= 11 is 1.31. The summed E-state index contributed by atoms with van der Waals surface area (Å²) in [7, 11) is 0. The minimum absolute atomic E-state index is 0.0576. The fourth-order valence-corrected chi connectivity index (χ4v) is 4.86. The predicted molar refractivity (Wildman–Crippen MR) is 90.1 cm³/mol. The van der Waals surface area contributed by atoms with Crippen molar-refractivity contribution in [3.63, 3.8) is 0 Å². The number of carboxylic acid groups (broad SMARTS) is 1. The number of nitrogens with zero attached hydrogens (tertiary/aromatic N) is 2. The zero-order valence-corrected chi connectivity index (χ0v) is 14.9. The fraction of sp³-hybridized carbons (Fsp3) is 0.706. The first-order valence-electron chi connectivity index (χ1n) is 8.65. The fourth-order valence-electron chi connectivity index (χ4n) is 4.00. The normalized spacial score (nSPS) is 27.8. The molecule has 6 nitrogen and oxygen atoms in total. The summed E-state index contributed by atoms with van der Waals surface area (Å²) < 4.78 is 5.52. The highest BCUT2D eigenvalue weighted by Gasteiger charge is 2.48. The van der Waals surface area contributed by atoms with E-state index in [0.29, 0.717) is 23.8 Å². The Morgan fingerprint density at radius 1 is 1.46 bits per heavy atom. The third-order valence-electron chi connectivity index (χ3n) is 5.11. The maximum absolute atomic E-state index is 13.0. The van der Waals surface area contributed by atoms with Crippen LogP contribution < -0.4 is 0 Å². The molecule has 0 bridgehead atoms. The number of rotatable bonds is 5. The van der Waals surface area contributed by atoms with Crippen LogP contribution >= 0.6 is 11.3 Å². The monoisotopic (exact) mass is 352 g/mol. The summed E-state index contributed by atoms with van der Waals surface area (Å²) in [6, 6.07) is -0.650. The number of aliphatic carboxylic acids is 1. The van der Waals surface area contributed by atoms with Gasteiger partial charge in [-0.15, -0.1) is 11.3 Å². The molecular formula is C17H24N2O4S. The van der Waals surface area contributed by atoms with Gasteiger partial charge in [-0.1, -0.05) is 12.8 Å². The second-order valence-corrected chi connectivity index (χ2v) is 7.64. The van der Waals surface area contributed by atoms with Gasteiger partial charge in [-0.05, 0) is 39.0 Å². The molecule has 0 spiro atoms. The number of carbonyl (C=O) groups excluding carboxylic acids is 1. The van der Waals surface area contributed by atoms with Crippen LogP contribution in [0.3, 0.4) is 0 Å². The van der Waals surface area contributed by atoms with Crippen molar-refractivity contribution in [1.29, 1.82) is 0 Å². The van der Waals surface area contributed by atoms with Gasteiger partial charge in [0.2, 0.25) is 0 Å². The van der Waals surface area contributed by atoms with E-state index in [1.807, 2.05) is 13.8 Å². The van der Waals surface area contributed by atoms with Crippen LogP contribution in [0, 0.1) is 5.92 Å². The second kappa shape index (κ2) is 7.19. The molecule has 7 heteroatoms. The van der Waals surface area contributed by atoms with Crippen molar-refractivity contribution in [3.05, 3.63) is 16.1 Å². The highest BCUT2D eigenvalue weighted by atomic mass is 32.1. The molecule has 4 unspecified atom stereocenters. The topological polar surface area (TPSA) is 79.7 Å². The molecular weight excluding hydrogens is 328 g/mol. The van der Waals surface area contributed by atoms with Crippen molar-refractivity contribution in [2.45, 2.75) is 64.1 Å². The highest BCUT2D eigenvalue weighted by Crippen LogP contribution is 2.41. The molecule has 1 aromatic heterocycles. The Bertz CT molecular complexity index is 617. The molecule has 1 amide bonds. The Hall–Kier alpha value is -1.47. The largest absolute Gasteiger partial charge is 0.480 e. The molecule has 2 heterocycles. The Morgan fingerprint density at radius 2 is 2.21 bits per heavy atom. The van der Waals surface area contributed by atoms with Gasteiger partial charge >= 0.3 is 5.97 Å². The van der Waals surface area contributed by atoms with Crippen molar-refractivity contribution in [1.82, 2.24) is 9.88 Å². The number of thiazole rings is 1. The molecule has 4 atom stereocenters. The zero-order valence-electron chi connectivity index (χ0n) is 14.1. The molecule has 2 aliphatic rings. The summed E-state index contributed by atoms with van der Waals surface area (Å²) in [5.74, 6) is -0.770. The van der Waals surface area contributed by atoms with Crippen molar-refractivity contribution >= 4 is 23.2 Å². The van der Waals surface area contributed by atoms with Gasteiger partial charge < -0.3 is 14.7 Å². The average molecular weight is 352 g/mol. The van der Waals surface area contributed by atoms with E-state index in [0.717, 1.165) is 30.7 Å². The number of ether oxygens (including phenoxy) is 1. The predicted octanol–water partition coefficient (Wildman–Crippen LogP) is 3.10. The van der Waals surface area contributed by atoms with Crippen LogP contribution in [0.15, 0.2) is 6.20 Å². The molecule has 2 fully saturated rings. The average Bonchev–Trinajstić information content (AvgIpc) is 3.19. The maximum atomic E-state index is 13.0. The molecule has 1 aromatic rings. The Morgan fingerprint density at radius 3 is 2.92 bits per heavy atom. The lowest BCUT2D eigenvalue weighted by molar-refractivity contribution is -0.141. The van der Waals surface area contributed by atoms with Crippen LogP contribution in [0.25, 0.3) is 0 Å². The van der Waals surface area contributed by atoms with Crippen LogP contribution in [0.4, 0.5) is 0 Å². The van der Waals surface area contributed by atoms with Crippen molar-refractivity contribution in [2.75, 3.05) is 6.61 Å². The SMILES string of the molecule is CCOC(C)c1ncc(C(=O)N2C(C(=O)O)CC3CCCCC32)s1. The number of hydrogen-bond acceptors (Lipinski definition) is 5. The molecule has 3 rings (SSSR count). The smallest absolute Gasteiger partial charge is 0.326 e. The van der Waals surface area contributed by atoms with E-state index in [2.05, 4.69) is 4.98 Å². The first kappa shape index (κ1) is 17.4. The van der Waals surface area contributed by atoms with Crippen molar-refractivity contribution < 1.29 is 19.4 Å². The molecule has 1 saturated carbocycles. The minimum atomic E-state index is -0.898. The number of likely N-dealkylation sites (tertiary alicyclic amines) is 1. The quantitative estimate of drug-likeness (QED) is 0.881. The van der Waals surface area contributed by atoms with Crippen LogP contribution in [0.1, 0.15) is 66.7 Å². The molecule has 132 valence electrons. The first-order chi connectivity index (χ1) is 11.5. The van der Waals surface area contributed by atoms with E-state index in [4.69, 9.17) is 4.74 Å².